The molecule has 0 radical (unpaired) electrons. The minimum atomic E-state index is -3.64. The molecule has 2 aliphatic rings. The lowest BCUT2D eigenvalue weighted by molar-refractivity contribution is -0.00427. The largest absolute Gasteiger partial charge is 0.375 e. The summed E-state index contributed by atoms with van der Waals surface area (Å²) in [6, 6.07) is 11.9. The van der Waals surface area contributed by atoms with Crippen LogP contribution in [0.5, 0.6) is 0 Å². The summed E-state index contributed by atoms with van der Waals surface area (Å²) in [4.78, 5) is 5.67. The molecular formula is C20H23F2N3O3S. The molecule has 0 amide bonds. The molecule has 1 aromatic carbocycles. The Morgan fingerprint density at radius 2 is 1.90 bits per heavy atom. The number of aromatic nitrogens is 1. The van der Waals surface area contributed by atoms with Gasteiger partial charge in [-0.15, -0.1) is 0 Å². The molecule has 2 aromatic rings. The molecule has 3 heterocycles. The Labute approximate surface area is 169 Å². The van der Waals surface area contributed by atoms with Crippen LogP contribution in [0, 0.1) is 0 Å². The Hall–Kier alpha value is -1.94. The molecule has 4 rings (SSSR count). The predicted octanol–water partition coefficient (Wildman–Crippen LogP) is 2.38. The highest BCUT2D eigenvalue weighted by Gasteiger charge is 2.51. The first-order valence-corrected chi connectivity index (χ1v) is 10.9. The number of hydrogen-bond donors (Lipinski definition) is 0. The van der Waals surface area contributed by atoms with E-state index in [2.05, 4.69) is 4.98 Å². The van der Waals surface area contributed by atoms with E-state index >= 15 is 0 Å². The van der Waals surface area contributed by atoms with Crippen molar-refractivity contribution in [3.63, 3.8) is 0 Å². The number of alkyl halides is 2. The van der Waals surface area contributed by atoms with E-state index in [0.717, 1.165) is 5.56 Å². The lowest BCUT2D eigenvalue weighted by Gasteiger charge is -2.44. The van der Waals surface area contributed by atoms with Gasteiger partial charge in [0.1, 0.15) is 4.90 Å². The maximum absolute atomic E-state index is 14.1. The van der Waals surface area contributed by atoms with E-state index in [1.807, 2.05) is 30.3 Å². The molecule has 29 heavy (non-hydrogen) atoms. The Kier molecular flexibility index (Phi) is 5.65. The molecule has 0 spiro atoms. The van der Waals surface area contributed by atoms with Gasteiger partial charge in [0.05, 0.1) is 19.8 Å². The molecule has 1 aromatic heterocycles. The van der Waals surface area contributed by atoms with E-state index < -0.39 is 22.0 Å². The molecule has 0 saturated carbocycles. The standard InChI is InChI=1S/C20H23F2N3O3S/c21-20(22)9-17(14-28-13-16-5-2-1-3-6-16)25(15-20)18-11-24(12-18)29(26,27)19-7-4-8-23-10-19/h1-8,10,17-18H,9,11-15H2/t17-/m0/s1. The van der Waals surface area contributed by atoms with Crippen LogP contribution in [-0.2, 0) is 21.4 Å². The van der Waals surface area contributed by atoms with Crippen LogP contribution in [0.25, 0.3) is 0 Å². The Morgan fingerprint density at radius 1 is 1.14 bits per heavy atom. The molecule has 6 nitrogen and oxygen atoms in total. The zero-order valence-electron chi connectivity index (χ0n) is 15.8. The summed E-state index contributed by atoms with van der Waals surface area (Å²) >= 11 is 0. The van der Waals surface area contributed by atoms with E-state index in [4.69, 9.17) is 4.74 Å². The SMILES string of the molecule is O=S(=O)(c1cccnc1)N1CC(N2CC(F)(F)C[C@H]2COCc2ccccc2)C1. The van der Waals surface area contributed by atoms with Gasteiger partial charge in [0, 0.05) is 44.0 Å². The van der Waals surface area contributed by atoms with Crippen LogP contribution >= 0.6 is 0 Å². The van der Waals surface area contributed by atoms with Gasteiger partial charge in [-0.05, 0) is 17.7 Å². The Morgan fingerprint density at radius 3 is 2.59 bits per heavy atom. The number of benzene rings is 1. The molecule has 156 valence electrons. The minimum absolute atomic E-state index is 0.118. The Balaban J connectivity index is 1.36. The molecule has 0 unspecified atom stereocenters. The second-order valence-corrected chi connectivity index (χ2v) is 9.49. The first kappa shape index (κ1) is 20.3. The third-order valence-corrected chi connectivity index (χ3v) is 7.22. The predicted molar refractivity (Wildman–Crippen MR) is 103 cm³/mol. The van der Waals surface area contributed by atoms with Gasteiger partial charge in [-0.1, -0.05) is 30.3 Å². The maximum Gasteiger partial charge on any atom is 0.262 e. The van der Waals surface area contributed by atoms with Crippen molar-refractivity contribution in [3.05, 3.63) is 60.4 Å². The Bertz CT molecular complexity index is 923. The second kappa shape index (κ2) is 8.06. The molecule has 2 fully saturated rings. The average molecular weight is 423 g/mol. The fourth-order valence-corrected chi connectivity index (χ4v) is 5.34. The van der Waals surface area contributed by atoms with Crippen LogP contribution in [0.3, 0.4) is 0 Å². The van der Waals surface area contributed by atoms with Gasteiger partial charge in [-0.3, -0.25) is 9.88 Å². The summed E-state index contributed by atoms with van der Waals surface area (Å²) in [5, 5.41) is 0. The topological polar surface area (TPSA) is 62.7 Å². The fourth-order valence-electron chi connectivity index (χ4n) is 3.86. The number of ether oxygens (including phenoxy) is 1. The van der Waals surface area contributed by atoms with Gasteiger partial charge in [0.25, 0.3) is 5.92 Å². The fraction of sp³-hybridized carbons (Fsp3) is 0.450. The van der Waals surface area contributed by atoms with Crippen LogP contribution < -0.4 is 0 Å². The summed E-state index contributed by atoms with van der Waals surface area (Å²) in [6.07, 6.45) is 2.53. The molecule has 2 aliphatic heterocycles. The molecule has 1 atom stereocenters. The summed E-state index contributed by atoms with van der Waals surface area (Å²) in [7, 11) is -3.64. The first-order valence-electron chi connectivity index (χ1n) is 9.51. The van der Waals surface area contributed by atoms with E-state index in [1.54, 1.807) is 11.0 Å². The van der Waals surface area contributed by atoms with Crippen LogP contribution in [0.15, 0.2) is 59.8 Å². The van der Waals surface area contributed by atoms with Crippen molar-refractivity contribution in [2.24, 2.45) is 0 Å². The monoisotopic (exact) mass is 423 g/mol. The van der Waals surface area contributed by atoms with E-state index in [-0.39, 0.29) is 43.6 Å². The number of likely N-dealkylation sites (tertiary alicyclic amines) is 1. The molecular weight excluding hydrogens is 400 g/mol. The van der Waals surface area contributed by atoms with Crippen molar-refractivity contribution in [1.82, 2.24) is 14.2 Å². The van der Waals surface area contributed by atoms with Crippen LogP contribution in [0.2, 0.25) is 0 Å². The third-order valence-electron chi connectivity index (χ3n) is 5.41. The van der Waals surface area contributed by atoms with Crippen molar-refractivity contribution in [1.29, 1.82) is 0 Å². The number of halogens is 2. The molecule has 2 saturated heterocycles. The number of nitrogens with zero attached hydrogens (tertiary/aromatic N) is 3. The van der Waals surface area contributed by atoms with Crippen molar-refractivity contribution >= 4 is 10.0 Å². The quantitative estimate of drug-likeness (QED) is 0.684. The van der Waals surface area contributed by atoms with Crippen LogP contribution in [0.4, 0.5) is 8.78 Å². The number of rotatable bonds is 7. The maximum atomic E-state index is 14.1. The molecule has 9 heteroatoms. The minimum Gasteiger partial charge on any atom is -0.375 e. The van der Waals surface area contributed by atoms with Gasteiger partial charge in [-0.2, -0.15) is 4.31 Å². The lowest BCUT2D eigenvalue weighted by atomic mass is 10.1. The van der Waals surface area contributed by atoms with Crippen LogP contribution in [-0.4, -0.2) is 66.9 Å². The number of pyridine rings is 1. The summed E-state index contributed by atoms with van der Waals surface area (Å²) in [5.74, 6) is -2.79. The highest BCUT2D eigenvalue weighted by Crippen LogP contribution is 2.36. The van der Waals surface area contributed by atoms with E-state index in [9.17, 15) is 17.2 Å². The van der Waals surface area contributed by atoms with Crippen molar-refractivity contribution < 1.29 is 21.9 Å². The average Bonchev–Trinajstić information content (AvgIpc) is 2.96. The highest BCUT2D eigenvalue weighted by molar-refractivity contribution is 7.89. The summed E-state index contributed by atoms with van der Waals surface area (Å²) < 4.78 is 60.4. The van der Waals surface area contributed by atoms with Crippen molar-refractivity contribution in [2.45, 2.75) is 35.9 Å². The molecule has 0 bridgehead atoms. The van der Waals surface area contributed by atoms with Gasteiger partial charge < -0.3 is 4.74 Å². The van der Waals surface area contributed by atoms with E-state index in [0.29, 0.717) is 6.61 Å². The first-order chi connectivity index (χ1) is 13.9. The number of sulfonamides is 1. The summed E-state index contributed by atoms with van der Waals surface area (Å²) in [5.41, 5.74) is 0.987. The molecule has 0 N–H and O–H groups in total. The smallest absolute Gasteiger partial charge is 0.262 e. The van der Waals surface area contributed by atoms with Gasteiger partial charge >= 0.3 is 0 Å². The number of hydrogen-bond acceptors (Lipinski definition) is 5. The van der Waals surface area contributed by atoms with Crippen molar-refractivity contribution in [2.75, 3.05) is 26.2 Å². The van der Waals surface area contributed by atoms with Gasteiger partial charge in [0.2, 0.25) is 10.0 Å². The lowest BCUT2D eigenvalue weighted by Crippen LogP contribution is -2.62. The zero-order valence-corrected chi connectivity index (χ0v) is 16.6. The van der Waals surface area contributed by atoms with Gasteiger partial charge in [0.15, 0.2) is 0 Å². The summed E-state index contributed by atoms with van der Waals surface area (Å²) in [6.45, 7) is 0.585. The van der Waals surface area contributed by atoms with Crippen molar-refractivity contribution in [3.8, 4) is 0 Å². The zero-order chi connectivity index (χ0) is 20.5. The van der Waals surface area contributed by atoms with Gasteiger partial charge in [-0.25, -0.2) is 17.2 Å². The van der Waals surface area contributed by atoms with E-state index in [1.165, 1.54) is 22.8 Å². The highest BCUT2D eigenvalue weighted by atomic mass is 32.2. The third kappa shape index (κ3) is 4.48. The molecule has 0 aliphatic carbocycles. The van der Waals surface area contributed by atoms with Crippen LogP contribution in [0.1, 0.15) is 12.0 Å². The second-order valence-electron chi connectivity index (χ2n) is 7.55. The normalized spacial score (nSPS) is 23.2.